The average Bonchev–Trinajstić information content (AvgIpc) is 2.78. The summed E-state index contributed by atoms with van der Waals surface area (Å²) in [7, 11) is 2.05. The van der Waals surface area contributed by atoms with Gasteiger partial charge in [0.2, 0.25) is 0 Å². The maximum Gasteiger partial charge on any atom is 0.125 e. The maximum atomic E-state index is 4.46. The molecule has 2 aromatic rings. The summed E-state index contributed by atoms with van der Waals surface area (Å²) in [6.07, 6.45) is 4.83. The Hall–Kier alpha value is -1.61. The summed E-state index contributed by atoms with van der Waals surface area (Å²) in [6.45, 7) is 5.24. The number of likely N-dealkylation sites (N-methyl/N-ethyl adjacent to an activating group) is 1. The first-order valence-electron chi connectivity index (χ1n) is 6.47. The molecule has 0 aliphatic carbocycles. The number of imidazole rings is 1. The van der Waals surface area contributed by atoms with Gasteiger partial charge in [-0.1, -0.05) is 31.2 Å². The molecule has 0 amide bonds. The van der Waals surface area contributed by atoms with Crippen LogP contribution in [0.5, 0.6) is 0 Å². The standard InChI is InChI=1S/C15H21N3/c1-4-16-14(15-17-9-10-18(15)3)11-13-8-6-5-7-12(13)2/h5-10,14,16H,4,11H2,1-3H3. The number of rotatable bonds is 5. The van der Waals surface area contributed by atoms with Crippen molar-refractivity contribution in [3.05, 3.63) is 53.6 Å². The molecular formula is C15H21N3. The Morgan fingerprint density at radius 2 is 2.11 bits per heavy atom. The van der Waals surface area contributed by atoms with Gasteiger partial charge in [-0.05, 0) is 31.0 Å². The highest BCUT2D eigenvalue weighted by Gasteiger charge is 2.15. The van der Waals surface area contributed by atoms with Crippen molar-refractivity contribution in [2.45, 2.75) is 26.3 Å². The zero-order valence-corrected chi connectivity index (χ0v) is 11.4. The number of nitrogens with zero attached hydrogens (tertiary/aromatic N) is 2. The van der Waals surface area contributed by atoms with Gasteiger partial charge in [-0.2, -0.15) is 0 Å². The molecular weight excluding hydrogens is 222 g/mol. The largest absolute Gasteiger partial charge is 0.337 e. The van der Waals surface area contributed by atoms with Gasteiger partial charge in [0.15, 0.2) is 0 Å². The van der Waals surface area contributed by atoms with E-state index in [0.717, 1.165) is 18.8 Å². The molecule has 0 spiro atoms. The molecule has 1 N–H and O–H groups in total. The van der Waals surface area contributed by atoms with Crippen LogP contribution >= 0.6 is 0 Å². The zero-order chi connectivity index (χ0) is 13.0. The molecule has 0 saturated heterocycles. The smallest absolute Gasteiger partial charge is 0.125 e. The SMILES string of the molecule is CCNC(Cc1ccccc1C)c1nccn1C. The molecule has 96 valence electrons. The van der Waals surface area contributed by atoms with Gasteiger partial charge in [0.25, 0.3) is 0 Å². The molecule has 0 aliphatic rings. The molecule has 2 rings (SSSR count). The molecule has 3 heteroatoms. The van der Waals surface area contributed by atoms with Gasteiger partial charge in [0.1, 0.15) is 5.82 Å². The summed E-state index contributed by atoms with van der Waals surface area (Å²) in [5.74, 6) is 1.10. The van der Waals surface area contributed by atoms with E-state index in [-0.39, 0.29) is 6.04 Å². The van der Waals surface area contributed by atoms with E-state index in [9.17, 15) is 0 Å². The van der Waals surface area contributed by atoms with Crippen LogP contribution in [0.25, 0.3) is 0 Å². The number of nitrogens with one attached hydrogen (secondary N) is 1. The van der Waals surface area contributed by atoms with Gasteiger partial charge in [-0.25, -0.2) is 4.98 Å². The Morgan fingerprint density at radius 1 is 1.33 bits per heavy atom. The molecule has 18 heavy (non-hydrogen) atoms. The van der Waals surface area contributed by atoms with E-state index in [2.05, 4.69) is 53.0 Å². The normalized spacial score (nSPS) is 12.6. The number of hydrogen-bond donors (Lipinski definition) is 1. The summed E-state index contributed by atoms with van der Waals surface area (Å²) in [5, 5.41) is 3.52. The molecule has 1 atom stereocenters. The minimum Gasteiger partial charge on any atom is -0.337 e. The Bertz CT molecular complexity index is 502. The molecule has 1 aromatic carbocycles. The Labute approximate surface area is 109 Å². The summed E-state index contributed by atoms with van der Waals surface area (Å²) in [4.78, 5) is 4.46. The van der Waals surface area contributed by atoms with Crippen LogP contribution < -0.4 is 5.32 Å². The molecule has 1 unspecified atom stereocenters. The second-order valence-corrected chi connectivity index (χ2v) is 4.64. The highest BCUT2D eigenvalue weighted by molar-refractivity contribution is 5.27. The third-order valence-corrected chi connectivity index (χ3v) is 3.31. The highest BCUT2D eigenvalue weighted by Crippen LogP contribution is 2.18. The molecule has 0 saturated carbocycles. The van der Waals surface area contributed by atoms with Crippen LogP contribution in [-0.4, -0.2) is 16.1 Å². The van der Waals surface area contributed by atoms with Crippen molar-refractivity contribution in [1.29, 1.82) is 0 Å². The van der Waals surface area contributed by atoms with Gasteiger partial charge in [-0.15, -0.1) is 0 Å². The van der Waals surface area contributed by atoms with Crippen molar-refractivity contribution in [2.75, 3.05) is 6.54 Å². The van der Waals surface area contributed by atoms with E-state index in [1.54, 1.807) is 0 Å². The zero-order valence-electron chi connectivity index (χ0n) is 11.4. The average molecular weight is 243 g/mol. The van der Waals surface area contributed by atoms with E-state index in [1.807, 2.05) is 19.4 Å². The van der Waals surface area contributed by atoms with Crippen LogP contribution in [0.1, 0.15) is 29.9 Å². The molecule has 3 nitrogen and oxygen atoms in total. The fourth-order valence-electron chi connectivity index (χ4n) is 2.27. The first kappa shape index (κ1) is 12.8. The molecule has 1 heterocycles. The van der Waals surface area contributed by atoms with E-state index in [0.29, 0.717) is 0 Å². The predicted molar refractivity (Wildman–Crippen MR) is 74.5 cm³/mol. The van der Waals surface area contributed by atoms with Gasteiger partial charge < -0.3 is 9.88 Å². The summed E-state index contributed by atoms with van der Waals surface area (Å²) < 4.78 is 2.09. The minimum atomic E-state index is 0.274. The van der Waals surface area contributed by atoms with Crippen molar-refractivity contribution in [3.8, 4) is 0 Å². The molecule has 0 bridgehead atoms. The first-order valence-corrected chi connectivity index (χ1v) is 6.47. The molecule has 0 aliphatic heterocycles. The Morgan fingerprint density at radius 3 is 2.72 bits per heavy atom. The lowest BCUT2D eigenvalue weighted by atomic mass is 10.0. The van der Waals surface area contributed by atoms with Crippen LogP contribution in [0.3, 0.4) is 0 Å². The summed E-state index contributed by atoms with van der Waals surface area (Å²) in [5.41, 5.74) is 2.72. The second kappa shape index (κ2) is 5.83. The fraction of sp³-hybridized carbons (Fsp3) is 0.400. The van der Waals surface area contributed by atoms with E-state index >= 15 is 0 Å². The number of benzene rings is 1. The van der Waals surface area contributed by atoms with Crippen molar-refractivity contribution in [3.63, 3.8) is 0 Å². The van der Waals surface area contributed by atoms with E-state index < -0.39 is 0 Å². The Balaban J connectivity index is 2.22. The van der Waals surface area contributed by atoms with Crippen LogP contribution in [0.15, 0.2) is 36.7 Å². The fourth-order valence-corrected chi connectivity index (χ4v) is 2.27. The van der Waals surface area contributed by atoms with Crippen molar-refractivity contribution >= 4 is 0 Å². The number of aryl methyl sites for hydroxylation is 2. The Kier molecular flexibility index (Phi) is 4.15. The lowest BCUT2D eigenvalue weighted by molar-refractivity contribution is 0.506. The van der Waals surface area contributed by atoms with Gasteiger partial charge >= 0.3 is 0 Å². The molecule has 0 fully saturated rings. The third kappa shape index (κ3) is 2.79. The minimum absolute atomic E-state index is 0.274. The van der Waals surface area contributed by atoms with Crippen LogP contribution in [0.4, 0.5) is 0 Å². The topological polar surface area (TPSA) is 29.9 Å². The van der Waals surface area contributed by atoms with Crippen molar-refractivity contribution in [2.24, 2.45) is 7.05 Å². The van der Waals surface area contributed by atoms with Crippen LogP contribution in [0, 0.1) is 6.92 Å². The quantitative estimate of drug-likeness (QED) is 0.875. The van der Waals surface area contributed by atoms with Gasteiger partial charge in [-0.3, -0.25) is 0 Å². The molecule has 0 radical (unpaired) electrons. The maximum absolute atomic E-state index is 4.46. The third-order valence-electron chi connectivity index (χ3n) is 3.31. The second-order valence-electron chi connectivity index (χ2n) is 4.64. The number of aromatic nitrogens is 2. The summed E-state index contributed by atoms with van der Waals surface area (Å²) >= 11 is 0. The lowest BCUT2D eigenvalue weighted by Gasteiger charge is -2.18. The molecule has 1 aromatic heterocycles. The van der Waals surface area contributed by atoms with Crippen molar-refractivity contribution < 1.29 is 0 Å². The predicted octanol–water partition coefficient (Wildman–Crippen LogP) is 2.62. The van der Waals surface area contributed by atoms with Crippen molar-refractivity contribution in [1.82, 2.24) is 14.9 Å². The monoisotopic (exact) mass is 243 g/mol. The summed E-state index contributed by atoms with van der Waals surface area (Å²) in [6, 6.07) is 8.82. The highest BCUT2D eigenvalue weighted by atomic mass is 15.1. The number of hydrogen-bond acceptors (Lipinski definition) is 2. The van der Waals surface area contributed by atoms with E-state index in [4.69, 9.17) is 0 Å². The van der Waals surface area contributed by atoms with Crippen LogP contribution in [0.2, 0.25) is 0 Å². The first-order chi connectivity index (χ1) is 8.72. The van der Waals surface area contributed by atoms with E-state index in [1.165, 1.54) is 11.1 Å². The lowest BCUT2D eigenvalue weighted by Crippen LogP contribution is -2.25. The van der Waals surface area contributed by atoms with Gasteiger partial charge in [0, 0.05) is 19.4 Å². The van der Waals surface area contributed by atoms with Gasteiger partial charge in [0.05, 0.1) is 6.04 Å². The van der Waals surface area contributed by atoms with Crippen LogP contribution in [-0.2, 0) is 13.5 Å².